The predicted molar refractivity (Wildman–Crippen MR) is 113 cm³/mol. The van der Waals surface area contributed by atoms with Crippen LogP contribution in [0.3, 0.4) is 0 Å². The van der Waals surface area contributed by atoms with E-state index in [1.165, 1.54) is 18.7 Å². The highest BCUT2D eigenvalue weighted by Crippen LogP contribution is 2.28. The molecule has 0 aliphatic carbocycles. The summed E-state index contributed by atoms with van der Waals surface area (Å²) >= 11 is 0. The summed E-state index contributed by atoms with van der Waals surface area (Å²) in [6.07, 6.45) is 2.83. The molecule has 0 saturated carbocycles. The Balaban J connectivity index is 1.85. The zero-order valence-electron chi connectivity index (χ0n) is 17.4. The monoisotopic (exact) mass is 397 g/mol. The zero-order valence-corrected chi connectivity index (χ0v) is 17.4. The van der Waals surface area contributed by atoms with Crippen LogP contribution < -0.4 is 14.8 Å². The Kier molecular flexibility index (Phi) is 7.42. The van der Waals surface area contributed by atoms with Gasteiger partial charge in [0.15, 0.2) is 18.1 Å². The van der Waals surface area contributed by atoms with Crippen molar-refractivity contribution in [3.8, 4) is 11.5 Å². The van der Waals surface area contributed by atoms with Crippen LogP contribution in [0.2, 0.25) is 0 Å². The summed E-state index contributed by atoms with van der Waals surface area (Å²) in [6, 6.07) is 12.8. The van der Waals surface area contributed by atoms with Gasteiger partial charge in [-0.25, -0.2) is 4.79 Å². The van der Waals surface area contributed by atoms with Crippen LogP contribution in [-0.4, -0.2) is 32.7 Å². The van der Waals surface area contributed by atoms with Gasteiger partial charge in [0.2, 0.25) is 0 Å². The molecule has 0 unspecified atom stereocenters. The third-order valence-corrected chi connectivity index (χ3v) is 4.20. The molecule has 0 saturated heterocycles. The molecule has 2 aromatic carbocycles. The predicted octanol–water partition coefficient (Wildman–Crippen LogP) is 4.20. The molecule has 0 radical (unpaired) electrons. The number of esters is 1. The number of benzene rings is 2. The molecule has 0 heterocycles. The molecule has 154 valence electrons. The van der Waals surface area contributed by atoms with E-state index < -0.39 is 11.9 Å². The number of carbonyl (C=O) groups is 2. The second-order valence-corrected chi connectivity index (χ2v) is 7.43. The first-order chi connectivity index (χ1) is 13.7. The van der Waals surface area contributed by atoms with Crippen molar-refractivity contribution in [2.45, 2.75) is 26.2 Å². The molecule has 0 fully saturated rings. The molecule has 0 aromatic heterocycles. The molecule has 0 bridgehead atoms. The average Bonchev–Trinajstić information content (AvgIpc) is 2.70. The first kappa shape index (κ1) is 22.0. The lowest BCUT2D eigenvalue weighted by atomic mass is 9.87. The van der Waals surface area contributed by atoms with E-state index in [1.54, 1.807) is 31.4 Å². The van der Waals surface area contributed by atoms with E-state index in [0.717, 1.165) is 5.56 Å². The van der Waals surface area contributed by atoms with E-state index in [1.807, 2.05) is 24.3 Å². The fourth-order valence-electron chi connectivity index (χ4n) is 2.56. The van der Waals surface area contributed by atoms with Crippen LogP contribution in [0.1, 0.15) is 31.9 Å². The molecule has 29 heavy (non-hydrogen) atoms. The van der Waals surface area contributed by atoms with Gasteiger partial charge in [0.1, 0.15) is 0 Å². The van der Waals surface area contributed by atoms with Gasteiger partial charge in [0.05, 0.1) is 14.2 Å². The molecular weight excluding hydrogens is 370 g/mol. The first-order valence-corrected chi connectivity index (χ1v) is 9.20. The number of ether oxygens (including phenoxy) is 3. The van der Waals surface area contributed by atoms with Crippen molar-refractivity contribution in [1.82, 2.24) is 0 Å². The second-order valence-electron chi connectivity index (χ2n) is 7.43. The fraction of sp³-hybridized carbons (Fsp3) is 0.304. The summed E-state index contributed by atoms with van der Waals surface area (Å²) < 4.78 is 15.4. The van der Waals surface area contributed by atoms with Gasteiger partial charge >= 0.3 is 5.97 Å². The molecule has 2 aromatic rings. The Labute approximate surface area is 171 Å². The van der Waals surface area contributed by atoms with Crippen LogP contribution in [0.25, 0.3) is 6.08 Å². The minimum absolute atomic E-state index is 0.0400. The molecule has 0 spiro atoms. The number of hydrogen-bond acceptors (Lipinski definition) is 5. The fourth-order valence-corrected chi connectivity index (χ4v) is 2.56. The molecule has 1 amide bonds. The Morgan fingerprint density at radius 3 is 2.21 bits per heavy atom. The number of amides is 1. The lowest BCUT2D eigenvalue weighted by Crippen LogP contribution is -2.20. The number of methoxy groups -OCH3 is 2. The quantitative estimate of drug-likeness (QED) is 0.560. The summed E-state index contributed by atoms with van der Waals surface area (Å²) in [7, 11) is 3.09. The summed E-state index contributed by atoms with van der Waals surface area (Å²) in [6.45, 7) is 6.00. The Morgan fingerprint density at radius 2 is 1.62 bits per heavy atom. The highest BCUT2D eigenvalue weighted by atomic mass is 16.5. The van der Waals surface area contributed by atoms with Gasteiger partial charge in [-0.05, 0) is 46.9 Å². The average molecular weight is 397 g/mol. The summed E-state index contributed by atoms with van der Waals surface area (Å²) in [4.78, 5) is 23.8. The normalized spacial score (nSPS) is 11.2. The van der Waals surface area contributed by atoms with Crippen LogP contribution in [0.5, 0.6) is 11.5 Å². The Hall–Kier alpha value is -3.28. The number of rotatable bonds is 7. The molecule has 2 rings (SSSR count). The van der Waals surface area contributed by atoms with Crippen molar-refractivity contribution in [3.05, 3.63) is 59.7 Å². The number of nitrogens with one attached hydrogen (secondary N) is 1. The second kappa shape index (κ2) is 9.78. The lowest BCUT2D eigenvalue weighted by molar-refractivity contribution is -0.142. The molecule has 1 N–H and O–H groups in total. The van der Waals surface area contributed by atoms with Crippen LogP contribution in [0, 0.1) is 0 Å². The third-order valence-electron chi connectivity index (χ3n) is 4.20. The van der Waals surface area contributed by atoms with E-state index in [-0.39, 0.29) is 12.0 Å². The molecule has 0 aliphatic heterocycles. The van der Waals surface area contributed by atoms with Crippen LogP contribution in [0.15, 0.2) is 48.5 Å². The molecule has 0 aliphatic rings. The molecule has 6 heteroatoms. The Bertz CT molecular complexity index is 879. The van der Waals surface area contributed by atoms with Gasteiger partial charge in [0, 0.05) is 11.8 Å². The van der Waals surface area contributed by atoms with Gasteiger partial charge in [-0.3, -0.25) is 4.79 Å². The molecular formula is C23H27NO5. The maximum atomic E-state index is 12.0. The topological polar surface area (TPSA) is 73.9 Å². The van der Waals surface area contributed by atoms with Crippen molar-refractivity contribution in [3.63, 3.8) is 0 Å². The van der Waals surface area contributed by atoms with E-state index in [4.69, 9.17) is 14.2 Å². The summed E-state index contributed by atoms with van der Waals surface area (Å²) in [5.41, 5.74) is 2.60. The maximum Gasteiger partial charge on any atom is 0.331 e. The van der Waals surface area contributed by atoms with Gasteiger partial charge in [-0.1, -0.05) is 39.0 Å². The smallest absolute Gasteiger partial charge is 0.331 e. The first-order valence-electron chi connectivity index (χ1n) is 9.20. The van der Waals surface area contributed by atoms with Crippen molar-refractivity contribution in [2.24, 2.45) is 0 Å². The highest BCUT2D eigenvalue weighted by Gasteiger charge is 2.13. The minimum atomic E-state index is -0.613. The van der Waals surface area contributed by atoms with Gasteiger partial charge < -0.3 is 19.5 Å². The Morgan fingerprint density at radius 1 is 0.966 bits per heavy atom. The van der Waals surface area contributed by atoms with Crippen molar-refractivity contribution < 1.29 is 23.8 Å². The summed E-state index contributed by atoms with van der Waals surface area (Å²) in [5, 5.41) is 2.71. The van der Waals surface area contributed by atoms with Crippen LogP contribution in [0.4, 0.5) is 5.69 Å². The van der Waals surface area contributed by atoms with E-state index >= 15 is 0 Å². The van der Waals surface area contributed by atoms with Crippen LogP contribution >= 0.6 is 0 Å². The number of hydrogen-bond donors (Lipinski definition) is 1. The largest absolute Gasteiger partial charge is 0.493 e. The van der Waals surface area contributed by atoms with E-state index in [9.17, 15) is 9.59 Å². The zero-order chi connectivity index (χ0) is 21.4. The lowest BCUT2D eigenvalue weighted by Gasteiger charge is -2.19. The third kappa shape index (κ3) is 6.68. The van der Waals surface area contributed by atoms with E-state index in [2.05, 4.69) is 26.1 Å². The van der Waals surface area contributed by atoms with Crippen LogP contribution in [-0.2, 0) is 19.7 Å². The maximum absolute atomic E-state index is 12.0. The molecule has 0 atom stereocenters. The standard InChI is InChI=1S/C23H27NO5/c1-23(2,3)17-8-10-18(11-9-17)24-21(25)15-29-22(26)13-7-16-6-12-19(27-4)20(14-16)28-5/h6-14H,15H2,1-5H3,(H,24,25). The summed E-state index contributed by atoms with van der Waals surface area (Å²) in [5.74, 6) is 0.138. The van der Waals surface area contributed by atoms with Gasteiger partial charge in [-0.15, -0.1) is 0 Å². The van der Waals surface area contributed by atoms with Crippen molar-refractivity contribution in [1.29, 1.82) is 0 Å². The minimum Gasteiger partial charge on any atom is -0.493 e. The van der Waals surface area contributed by atoms with Gasteiger partial charge in [-0.2, -0.15) is 0 Å². The van der Waals surface area contributed by atoms with Gasteiger partial charge in [0.25, 0.3) is 5.91 Å². The SMILES string of the molecule is COc1ccc(C=CC(=O)OCC(=O)Nc2ccc(C(C)(C)C)cc2)cc1OC. The van der Waals surface area contributed by atoms with E-state index in [0.29, 0.717) is 17.2 Å². The molecule has 6 nitrogen and oxygen atoms in total. The van der Waals surface area contributed by atoms with Crippen molar-refractivity contribution >= 4 is 23.6 Å². The number of carbonyl (C=O) groups excluding carboxylic acids is 2. The highest BCUT2D eigenvalue weighted by molar-refractivity contribution is 5.94. The number of anilines is 1. The van der Waals surface area contributed by atoms with Crippen molar-refractivity contribution in [2.75, 3.05) is 26.1 Å².